The smallest absolute Gasteiger partial charge is 0.249 e. The van der Waals surface area contributed by atoms with Gasteiger partial charge in [-0.2, -0.15) is 0 Å². The first-order valence-corrected chi connectivity index (χ1v) is 14.1. The van der Waals surface area contributed by atoms with E-state index in [2.05, 4.69) is 17.9 Å². The Morgan fingerprint density at radius 3 is 2.51 bits per heavy atom. The van der Waals surface area contributed by atoms with Gasteiger partial charge < -0.3 is 25.0 Å². The van der Waals surface area contributed by atoms with E-state index in [1.165, 1.54) is 5.56 Å². The third kappa shape index (κ3) is 5.08. The lowest BCUT2D eigenvalue weighted by Crippen LogP contribution is -2.46. The van der Waals surface area contributed by atoms with Crippen molar-refractivity contribution in [2.45, 2.75) is 82.0 Å². The molecule has 2 N–H and O–H groups in total. The van der Waals surface area contributed by atoms with E-state index < -0.39 is 24.0 Å². The molecule has 0 spiro atoms. The van der Waals surface area contributed by atoms with Gasteiger partial charge >= 0.3 is 0 Å². The highest BCUT2D eigenvalue weighted by Gasteiger charge is 2.54. The van der Waals surface area contributed by atoms with E-state index >= 15 is 0 Å². The number of primary amides is 1. The van der Waals surface area contributed by atoms with Crippen molar-refractivity contribution in [1.82, 2.24) is 9.80 Å². The van der Waals surface area contributed by atoms with Gasteiger partial charge in [0.25, 0.3) is 0 Å². The van der Waals surface area contributed by atoms with E-state index in [0.29, 0.717) is 18.0 Å². The van der Waals surface area contributed by atoms with Gasteiger partial charge in [-0.25, -0.2) is 0 Å². The van der Waals surface area contributed by atoms with Gasteiger partial charge in [-0.1, -0.05) is 38.3 Å². The van der Waals surface area contributed by atoms with Crippen molar-refractivity contribution in [3.63, 3.8) is 0 Å². The Kier molecular flexibility index (Phi) is 7.98. The molecule has 8 heteroatoms. The summed E-state index contributed by atoms with van der Waals surface area (Å²) in [6, 6.07) is 5.33. The quantitative estimate of drug-likeness (QED) is 0.604. The maximum Gasteiger partial charge on any atom is 0.249 e. The van der Waals surface area contributed by atoms with Gasteiger partial charge in [0.1, 0.15) is 24.9 Å². The maximum atomic E-state index is 14.4. The molecule has 37 heavy (non-hydrogen) atoms. The molecule has 1 aromatic rings. The molecule has 3 aliphatic heterocycles. The van der Waals surface area contributed by atoms with Gasteiger partial charge in [-0.3, -0.25) is 14.4 Å². The Morgan fingerprint density at radius 1 is 1.14 bits per heavy atom. The standard InChI is InChI=1S/C29H41N3O5/c1-3-31-13-11-18(12-14-31)20-9-10-21(28(30)34)22(15-20)25(19-7-5-4-6-8-19)29(35)32-16-24(36-2)27-26(32)23(33)17-37-27/h9-10,15,18-19,24-27H,3-8,11-14,16-17H2,1-2H3,(H2,30,34)/t24-,25+,26-,27-/m1/s1. The van der Waals surface area contributed by atoms with Crippen molar-refractivity contribution in [2.75, 3.05) is 39.9 Å². The van der Waals surface area contributed by atoms with Crippen LogP contribution in [0.1, 0.15) is 85.2 Å². The number of amides is 2. The molecular formula is C29H41N3O5. The molecule has 4 aliphatic rings. The van der Waals surface area contributed by atoms with Crippen LogP contribution in [0.15, 0.2) is 18.2 Å². The van der Waals surface area contributed by atoms with Gasteiger partial charge in [0.2, 0.25) is 11.8 Å². The van der Waals surface area contributed by atoms with Crippen molar-refractivity contribution in [3.8, 4) is 0 Å². The molecule has 2 amide bonds. The van der Waals surface area contributed by atoms with Crippen LogP contribution in [0.25, 0.3) is 0 Å². The summed E-state index contributed by atoms with van der Waals surface area (Å²) in [5.41, 5.74) is 8.23. The lowest BCUT2D eigenvalue weighted by atomic mass is 9.73. The van der Waals surface area contributed by atoms with Crippen LogP contribution in [0.3, 0.4) is 0 Å². The largest absolute Gasteiger partial charge is 0.377 e. The number of carbonyl (C=O) groups excluding carboxylic acids is 3. The first-order chi connectivity index (χ1) is 17.9. The number of fused-ring (bicyclic) bond motifs is 1. The fraction of sp³-hybridized carbons (Fsp3) is 0.690. The van der Waals surface area contributed by atoms with Gasteiger partial charge in [0.15, 0.2) is 5.78 Å². The fourth-order valence-corrected chi connectivity index (χ4v) is 7.18. The minimum absolute atomic E-state index is 0.00550. The molecule has 5 rings (SSSR count). The molecule has 1 aliphatic carbocycles. The number of methoxy groups -OCH3 is 1. The van der Waals surface area contributed by atoms with Crippen LogP contribution in [0.5, 0.6) is 0 Å². The van der Waals surface area contributed by atoms with Gasteiger partial charge in [-0.15, -0.1) is 0 Å². The van der Waals surface area contributed by atoms with Gasteiger partial charge in [0.05, 0.1) is 12.5 Å². The number of ketones is 1. The zero-order valence-electron chi connectivity index (χ0n) is 22.2. The van der Waals surface area contributed by atoms with Crippen molar-refractivity contribution in [2.24, 2.45) is 11.7 Å². The highest BCUT2D eigenvalue weighted by Crippen LogP contribution is 2.42. The predicted molar refractivity (Wildman–Crippen MR) is 139 cm³/mol. The van der Waals surface area contributed by atoms with Crippen molar-refractivity contribution >= 4 is 17.6 Å². The zero-order chi connectivity index (χ0) is 26.1. The number of nitrogens with two attached hydrogens (primary N) is 1. The average Bonchev–Trinajstić information content (AvgIpc) is 3.49. The van der Waals surface area contributed by atoms with E-state index in [-0.39, 0.29) is 30.3 Å². The molecule has 3 saturated heterocycles. The lowest BCUT2D eigenvalue weighted by molar-refractivity contribution is -0.139. The van der Waals surface area contributed by atoms with Crippen molar-refractivity contribution in [3.05, 3.63) is 34.9 Å². The van der Waals surface area contributed by atoms with Crippen LogP contribution in [-0.4, -0.2) is 85.5 Å². The first-order valence-electron chi connectivity index (χ1n) is 14.1. The average molecular weight is 512 g/mol. The van der Waals surface area contributed by atoms with E-state index in [4.69, 9.17) is 15.2 Å². The number of likely N-dealkylation sites (tertiary alicyclic amines) is 2. The predicted octanol–water partition coefficient (Wildman–Crippen LogP) is 2.84. The second-order valence-corrected chi connectivity index (χ2v) is 11.2. The Morgan fingerprint density at radius 2 is 1.86 bits per heavy atom. The SMILES string of the molecule is CCN1CCC(c2ccc(C(N)=O)c([C@@H](C(=O)N3C[C@@H](OC)[C@H]4OCC(=O)[C@H]43)C3CCCCC3)c2)CC1. The molecule has 202 valence electrons. The number of benzene rings is 1. The summed E-state index contributed by atoms with van der Waals surface area (Å²) in [5.74, 6) is -0.695. The molecule has 1 saturated carbocycles. The number of rotatable bonds is 7. The molecular weight excluding hydrogens is 470 g/mol. The number of piperidine rings is 1. The van der Waals surface area contributed by atoms with Crippen LogP contribution in [0.2, 0.25) is 0 Å². The van der Waals surface area contributed by atoms with Gasteiger partial charge in [-0.05, 0) is 74.3 Å². The molecule has 0 bridgehead atoms. The number of carbonyl (C=O) groups is 3. The molecule has 4 fully saturated rings. The van der Waals surface area contributed by atoms with E-state index in [1.807, 2.05) is 12.1 Å². The molecule has 1 aromatic carbocycles. The van der Waals surface area contributed by atoms with E-state index in [0.717, 1.165) is 70.1 Å². The topological polar surface area (TPSA) is 102 Å². The second kappa shape index (κ2) is 11.2. The van der Waals surface area contributed by atoms with Crippen LogP contribution in [0.4, 0.5) is 0 Å². The number of nitrogens with zero attached hydrogens (tertiary/aromatic N) is 2. The zero-order valence-corrected chi connectivity index (χ0v) is 22.2. The third-order valence-electron chi connectivity index (χ3n) is 9.29. The Balaban J connectivity index is 1.53. The highest BCUT2D eigenvalue weighted by atomic mass is 16.5. The number of Topliss-reactive ketones (excluding diaryl/α,β-unsaturated/α-hetero) is 1. The highest BCUT2D eigenvalue weighted by molar-refractivity contribution is 5.99. The van der Waals surface area contributed by atoms with Gasteiger partial charge in [0, 0.05) is 12.7 Å². The number of hydrogen-bond acceptors (Lipinski definition) is 6. The molecule has 0 radical (unpaired) electrons. The molecule has 3 heterocycles. The minimum Gasteiger partial charge on any atom is -0.377 e. The summed E-state index contributed by atoms with van der Waals surface area (Å²) in [7, 11) is 1.60. The Bertz CT molecular complexity index is 1010. The summed E-state index contributed by atoms with van der Waals surface area (Å²) in [4.78, 5) is 44.0. The molecule has 0 aromatic heterocycles. The molecule has 8 nitrogen and oxygen atoms in total. The summed E-state index contributed by atoms with van der Waals surface area (Å²) in [6.45, 7) is 5.68. The number of hydrogen-bond donors (Lipinski definition) is 1. The van der Waals surface area contributed by atoms with E-state index in [1.54, 1.807) is 12.0 Å². The summed E-state index contributed by atoms with van der Waals surface area (Å²) in [5, 5.41) is 0. The molecule has 0 unspecified atom stereocenters. The fourth-order valence-electron chi connectivity index (χ4n) is 7.18. The third-order valence-corrected chi connectivity index (χ3v) is 9.29. The maximum absolute atomic E-state index is 14.4. The number of ether oxygens (including phenoxy) is 2. The monoisotopic (exact) mass is 511 g/mol. The van der Waals surface area contributed by atoms with E-state index in [9.17, 15) is 14.4 Å². The van der Waals surface area contributed by atoms with Crippen LogP contribution in [0, 0.1) is 5.92 Å². The van der Waals surface area contributed by atoms with Crippen molar-refractivity contribution in [1.29, 1.82) is 0 Å². The van der Waals surface area contributed by atoms with Crippen molar-refractivity contribution < 1.29 is 23.9 Å². The van der Waals surface area contributed by atoms with Crippen LogP contribution >= 0.6 is 0 Å². The Hall–Kier alpha value is -2.29. The summed E-state index contributed by atoms with van der Waals surface area (Å²) < 4.78 is 11.3. The second-order valence-electron chi connectivity index (χ2n) is 11.2. The summed E-state index contributed by atoms with van der Waals surface area (Å²) in [6.07, 6.45) is 6.47. The minimum atomic E-state index is -0.623. The summed E-state index contributed by atoms with van der Waals surface area (Å²) >= 11 is 0. The Labute approximate surface area is 219 Å². The normalized spacial score (nSPS) is 28.4. The van der Waals surface area contributed by atoms with Crippen LogP contribution < -0.4 is 5.73 Å². The van der Waals surface area contributed by atoms with Crippen LogP contribution in [-0.2, 0) is 19.1 Å². The molecule has 4 atom stereocenters. The first kappa shape index (κ1) is 26.3. The lowest BCUT2D eigenvalue weighted by Gasteiger charge is -2.35.